The average Bonchev–Trinajstić information content (AvgIpc) is 3.00. The second-order valence-corrected chi connectivity index (χ2v) is 8.10. The summed E-state index contributed by atoms with van der Waals surface area (Å²) in [6, 6.07) is 7.79. The summed E-state index contributed by atoms with van der Waals surface area (Å²) in [5.41, 5.74) is 1.61. The summed E-state index contributed by atoms with van der Waals surface area (Å²) in [5.74, 6) is 0. The van der Waals surface area contributed by atoms with E-state index in [1.165, 1.54) is 15.0 Å². The molecule has 0 saturated heterocycles. The second kappa shape index (κ2) is 5.62. The van der Waals surface area contributed by atoms with Crippen LogP contribution in [0.15, 0.2) is 43.5 Å². The van der Waals surface area contributed by atoms with Crippen LogP contribution in [-0.4, -0.2) is 4.98 Å². The van der Waals surface area contributed by atoms with E-state index in [-0.39, 0.29) is 0 Å². The minimum absolute atomic E-state index is 0.656. The van der Waals surface area contributed by atoms with Crippen LogP contribution >= 0.6 is 67.1 Å². The minimum atomic E-state index is 0.656. The largest absolute Gasteiger partial charge is 0.431 e. The highest BCUT2D eigenvalue weighted by atomic mass is 127. The van der Waals surface area contributed by atoms with E-state index in [1.54, 1.807) is 22.1 Å². The third kappa shape index (κ3) is 2.67. The molecule has 0 radical (unpaired) electrons. The van der Waals surface area contributed by atoms with E-state index in [2.05, 4.69) is 39.0 Å². The lowest BCUT2D eigenvalue weighted by Crippen LogP contribution is -1.76. The molecule has 2 nitrogen and oxygen atoms in total. The molecule has 0 spiro atoms. The monoisotopic (exact) mass is 425 g/mol. The first-order chi connectivity index (χ1) is 8.74. The number of nitrogens with zero attached hydrogens (tertiary/aromatic N) is 1. The molecule has 7 heteroatoms. The molecular weight excluding hydrogens is 421 g/mol. The number of hydrogen-bond donors (Lipinski definition) is 0. The number of aromatic nitrogens is 1. The van der Waals surface area contributed by atoms with Crippen LogP contribution in [0.25, 0.3) is 11.1 Å². The Morgan fingerprint density at radius 3 is 2.94 bits per heavy atom. The molecule has 1 aromatic carbocycles. The molecule has 0 bridgehead atoms. The van der Waals surface area contributed by atoms with Gasteiger partial charge < -0.3 is 4.42 Å². The van der Waals surface area contributed by atoms with E-state index < -0.39 is 0 Å². The van der Waals surface area contributed by atoms with Crippen LogP contribution in [0.2, 0.25) is 5.02 Å². The summed E-state index contributed by atoms with van der Waals surface area (Å²) < 4.78 is 7.84. The van der Waals surface area contributed by atoms with Gasteiger partial charge in [-0.15, -0.1) is 11.3 Å². The zero-order valence-corrected chi connectivity index (χ0v) is 14.1. The van der Waals surface area contributed by atoms with Gasteiger partial charge in [-0.1, -0.05) is 17.7 Å². The van der Waals surface area contributed by atoms with Gasteiger partial charge in [0.15, 0.2) is 5.58 Å². The predicted molar refractivity (Wildman–Crippen MR) is 87.8 cm³/mol. The fourth-order valence-corrected chi connectivity index (χ4v) is 4.87. The van der Waals surface area contributed by atoms with Crippen molar-refractivity contribution in [2.75, 3.05) is 0 Å². The maximum absolute atomic E-state index is 6.06. The smallest absolute Gasteiger partial charge is 0.268 e. The number of thiophene rings is 1. The standard InChI is InChI=1S/C11H5ClINOS3/c12-6-3-4-7-10(9(6)13)14-11(15-7)18-17-8-2-1-5-16-8/h1-5H. The first-order valence-corrected chi connectivity index (χ1v) is 9.35. The van der Waals surface area contributed by atoms with E-state index >= 15 is 0 Å². The third-order valence-corrected chi connectivity index (χ3v) is 7.28. The number of oxazole rings is 1. The van der Waals surface area contributed by atoms with Gasteiger partial charge in [-0.25, -0.2) is 4.98 Å². The van der Waals surface area contributed by atoms with Crippen LogP contribution in [0.5, 0.6) is 0 Å². The van der Waals surface area contributed by atoms with E-state index in [1.807, 2.05) is 18.2 Å². The van der Waals surface area contributed by atoms with Crippen LogP contribution in [0.3, 0.4) is 0 Å². The van der Waals surface area contributed by atoms with Crippen molar-refractivity contribution in [1.29, 1.82) is 0 Å². The lowest BCUT2D eigenvalue weighted by atomic mass is 10.3. The van der Waals surface area contributed by atoms with Gasteiger partial charge >= 0.3 is 0 Å². The van der Waals surface area contributed by atoms with Crippen molar-refractivity contribution in [2.24, 2.45) is 0 Å². The van der Waals surface area contributed by atoms with Crippen molar-refractivity contribution in [1.82, 2.24) is 4.98 Å². The van der Waals surface area contributed by atoms with E-state index in [0.29, 0.717) is 10.2 Å². The van der Waals surface area contributed by atoms with E-state index in [4.69, 9.17) is 16.0 Å². The van der Waals surface area contributed by atoms with Gasteiger partial charge in [0.2, 0.25) is 0 Å². The van der Waals surface area contributed by atoms with Crippen molar-refractivity contribution >= 4 is 78.2 Å². The van der Waals surface area contributed by atoms with Crippen LogP contribution in [0.4, 0.5) is 0 Å². The Kier molecular flexibility index (Phi) is 4.09. The van der Waals surface area contributed by atoms with Gasteiger partial charge in [-0.2, -0.15) is 0 Å². The molecule has 0 amide bonds. The first-order valence-electron chi connectivity index (χ1n) is 4.86. The first kappa shape index (κ1) is 13.1. The van der Waals surface area contributed by atoms with Crippen LogP contribution in [0.1, 0.15) is 0 Å². The van der Waals surface area contributed by atoms with Crippen LogP contribution in [0, 0.1) is 3.57 Å². The van der Waals surface area contributed by atoms with Gasteiger partial charge in [-0.3, -0.25) is 0 Å². The maximum atomic E-state index is 6.06. The SMILES string of the molecule is Clc1ccc2oc(SSc3cccs3)nc2c1I. The highest BCUT2D eigenvalue weighted by molar-refractivity contribution is 14.1. The van der Waals surface area contributed by atoms with Gasteiger partial charge in [-0.05, 0) is 57.0 Å². The molecule has 0 aliphatic heterocycles. The molecule has 0 aliphatic carbocycles. The zero-order valence-electron chi connectivity index (χ0n) is 8.72. The average molecular weight is 426 g/mol. The normalized spacial score (nSPS) is 11.2. The molecule has 0 fully saturated rings. The molecule has 2 aromatic heterocycles. The summed E-state index contributed by atoms with van der Waals surface area (Å²) >= 11 is 9.95. The Bertz CT molecular complexity index is 683. The molecule has 18 heavy (non-hydrogen) atoms. The summed E-state index contributed by atoms with van der Waals surface area (Å²) in [6.45, 7) is 0. The molecule has 0 unspecified atom stereocenters. The molecule has 0 atom stereocenters. The van der Waals surface area contributed by atoms with Gasteiger partial charge in [0.1, 0.15) is 5.52 Å². The summed E-state index contributed by atoms with van der Waals surface area (Å²) in [6.07, 6.45) is 0. The van der Waals surface area contributed by atoms with Gasteiger partial charge in [0.25, 0.3) is 5.22 Å². The Balaban J connectivity index is 1.87. The summed E-state index contributed by atoms with van der Waals surface area (Å²) in [5, 5.41) is 3.42. The topological polar surface area (TPSA) is 26.0 Å². The highest BCUT2D eigenvalue weighted by Gasteiger charge is 2.12. The molecule has 0 N–H and O–H groups in total. The number of fused-ring (bicyclic) bond motifs is 1. The Labute approximate surface area is 134 Å². The fourth-order valence-electron chi connectivity index (χ4n) is 1.34. The zero-order chi connectivity index (χ0) is 12.5. The van der Waals surface area contributed by atoms with E-state index in [9.17, 15) is 0 Å². The van der Waals surface area contributed by atoms with Crippen molar-refractivity contribution < 1.29 is 4.42 Å². The molecular formula is C11H5ClINOS3. The lowest BCUT2D eigenvalue weighted by Gasteiger charge is -1.92. The summed E-state index contributed by atoms with van der Waals surface area (Å²) in [7, 11) is 3.17. The number of benzene rings is 1. The van der Waals surface area contributed by atoms with Gasteiger partial charge in [0, 0.05) is 10.8 Å². The third-order valence-electron chi connectivity index (χ3n) is 2.12. The summed E-state index contributed by atoms with van der Waals surface area (Å²) in [4.78, 5) is 4.46. The number of rotatable bonds is 3. The quantitative estimate of drug-likeness (QED) is 0.383. The van der Waals surface area contributed by atoms with Crippen molar-refractivity contribution in [2.45, 2.75) is 9.43 Å². The molecule has 3 rings (SSSR count). The molecule has 0 saturated carbocycles. The maximum Gasteiger partial charge on any atom is 0.268 e. The fraction of sp³-hybridized carbons (Fsp3) is 0. The highest BCUT2D eigenvalue weighted by Crippen LogP contribution is 2.40. The van der Waals surface area contributed by atoms with Crippen molar-refractivity contribution in [3.8, 4) is 0 Å². The van der Waals surface area contributed by atoms with Crippen LogP contribution < -0.4 is 0 Å². The lowest BCUT2D eigenvalue weighted by molar-refractivity contribution is 0.491. The molecule has 0 aliphatic rings. The molecule has 2 heterocycles. The molecule has 3 aromatic rings. The molecule has 92 valence electrons. The van der Waals surface area contributed by atoms with Crippen LogP contribution in [-0.2, 0) is 0 Å². The Hall–Kier alpha value is 0.110. The van der Waals surface area contributed by atoms with Crippen molar-refractivity contribution in [3.63, 3.8) is 0 Å². The second-order valence-electron chi connectivity index (χ2n) is 3.29. The van der Waals surface area contributed by atoms with E-state index in [0.717, 1.165) is 14.7 Å². The van der Waals surface area contributed by atoms with Gasteiger partial charge in [0.05, 0.1) is 12.8 Å². The van der Waals surface area contributed by atoms with Crippen molar-refractivity contribution in [3.05, 3.63) is 38.2 Å². The predicted octanol–water partition coefficient (Wildman–Crippen LogP) is 5.95. The number of halogens is 2. The Morgan fingerprint density at radius 2 is 2.17 bits per heavy atom. The number of hydrogen-bond acceptors (Lipinski definition) is 5. The minimum Gasteiger partial charge on any atom is -0.431 e. The Morgan fingerprint density at radius 1 is 1.28 bits per heavy atom.